The molecule has 0 aliphatic carbocycles. The highest BCUT2D eigenvalue weighted by Crippen LogP contribution is 2.25. The van der Waals surface area contributed by atoms with Gasteiger partial charge in [0.2, 0.25) is 5.88 Å². The van der Waals surface area contributed by atoms with Gasteiger partial charge in [-0.3, -0.25) is 0 Å². The molecule has 1 heterocycles. The van der Waals surface area contributed by atoms with E-state index in [2.05, 4.69) is 26.2 Å². The molecule has 0 fully saturated rings. The number of ether oxygens (including phenoxy) is 1. The Kier molecular flexibility index (Phi) is 5.12. The summed E-state index contributed by atoms with van der Waals surface area (Å²) in [6.07, 6.45) is 1.56. The molecular formula is C15H15BrF2N2O. The van der Waals surface area contributed by atoms with Crippen LogP contribution in [-0.2, 0) is 6.54 Å². The van der Waals surface area contributed by atoms with Crippen molar-refractivity contribution in [1.29, 1.82) is 0 Å². The first-order valence-electron chi connectivity index (χ1n) is 6.47. The van der Waals surface area contributed by atoms with Gasteiger partial charge in [0.15, 0.2) is 0 Å². The lowest BCUT2D eigenvalue weighted by atomic mass is 10.2. The van der Waals surface area contributed by atoms with Crippen molar-refractivity contribution >= 4 is 21.6 Å². The molecule has 3 nitrogen and oxygen atoms in total. The third-order valence-electron chi connectivity index (χ3n) is 2.71. The summed E-state index contributed by atoms with van der Waals surface area (Å²) in [5, 5.41) is 2.96. The molecule has 112 valence electrons. The smallest absolute Gasteiger partial charge is 0.237 e. The van der Waals surface area contributed by atoms with Crippen LogP contribution < -0.4 is 10.1 Å². The quantitative estimate of drug-likeness (QED) is 0.799. The number of hydrogen-bond acceptors (Lipinski definition) is 3. The molecule has 6 heteroatoms. The molecular weight excluding hydrogens is 342 g/mol. The van der Waals surface area contributed by atoms with Gasteiger partial charge in [-0.15, -0.1) is 0 Å². The van der Waals surface area contributed by atoms with Crippen LogP contribution in [0.4, 0.5) is 14.5 Å². The van der Waals surface area contributed by atoms with Crippen molar-refractivity contribution in [2.45, 2.75) is 26.5 Å². The van der Waals surface area contributed by atoms with Crippen molar-refractivity contribution in [2.24, 2.45) is 0 Å². The standard InChI is InChI=1S/C15H15BrF2N2O/c1-9(2)21-15-13(4-3-7-19-15)20-8-10-12(17)6-5-11(16)14(10)18/h3-7,9,20H,8H2,1-2H3. The minimum atomic E-state index is -0.613. The molecule has 1 N–H and O–H groups in total. The Morgan fingerprint density at radius 3 is 2.76 bits per heavy atom. The van der Waals surface area contributed by atoms with E-state index >= 15 is 0 Å². The maximum absolute atomic E-state index is 13.9. The summed E-state index contributed by atoms with van der Waals surface area (Å²) in [5.41, 5.74) is 0.550. The molecule has 0 saturated carbocycles. The van der Waals surface area contributed by atoms with E-state index in [1.54, 1.807) is 18.3 Å². The highest BCUT2D eigenvalue weighted by molar-refractivity contribution is 9.10. The van der Waals surface area contributed by atoms with Gasteiger partial charge in [0.1, 0.15) is 11.6 Å². The first kappa shape index (κ1) is 15.7. The first-order chi connectivity index (χ1) is 9.99. The average molecular weight is 357 g/mol. The highest BCUT2D eigenvalue weighted by Gasteiger charge is 2.13. The van der Waals surface area contributed by atoms with Crippen LogP contribution in [-0.4, -0.2) is 11.1 Å². The van der Waals surface area contributed by atoms with Crippen LogP contribution in [0, 0.1) is 11.6 Å². The summed E-state index contributed by atoms with van der Waals surface area (Å²) in [6.45, 7) is 3.76. The van der Waals surface area contributed by atoms with Gasteiger partial charge >= 0.3 is 0 Å². The lowest BCUT2D eigenvalue weighted by molar-refractivity contribution is 0.234. The SMILES string of the molecule is CC(C)Oc1ncccc1NCc1c(F)ccc(Br)c1F. The molecule has 0 spiro atoms. The molecule has 0 unspecified atom stereocenters. The maximum Gasteiger partial charge on any atom is 0.237 e. The zero-order valence-corrected chi connectivity index (χ0v) is 13.2. The number of pyridine rings is 1. The predicted molar refractivity (Wildman–Crippen MR) is 81.4 cm³/mol. The minimum absolute atomic E-state index is 0.00272. The monoisotopic (exact) mass is 356 g/mol. The number of rotatable bonds is 5. The summed E-state index contributed by atoms with van der Waals surface area (Å²) < 4.78 is 33.4. The van der Waals surface area contributed by atoms with Gasteiger partial charge in [-0.1, -0.05) is 0 Å². The van der Waals surface area contributed by atoms with Crippen molar-refractivity contribution in [1.82, 2.24) is 4.98 Å². The number of aromatic nitrogens is 1. The highest BCUT2D eigenvalue weighted by atomic mass is 79.9. The average Bonchev–Trinajstić information content (AvgIpc) is 2.44. The van der Waals surface area contributed by atoms with E-state index in [4.69, 9.17) is 4.74 Å². The van der Waals surface area contributed by atoms with E-state index in [9.17, 15) is 8.78 Å². The van der Waals surface area contributed by atoms with E-state index in [-0.39, 0.29) is 22.7 Å². The Morgan fingerprint density at radius 2 is 2.05 bits per heavy atom. The third-order valence-corrected chi connectivity index (χ3v) is 3.33. The summed E-state index contributed by atoms with van der Waals surface area (Å²) in [7, 11) is 0. The summed E-state index contributed by atoms with van der Waals surface area (Å²) >= 11 is 3.05. The van der Waals surface area contributed by atoms with Crippen molar-refractivity contribution < 1.29 is 13.5 Å². The summed E-state index contributed by atoms with van der Waals surface area (Å²) in [5.74, 6) is -0.806. The van der Waals surface area contributed by atoms with Crippen LogP contribution >= 0.6 is 15.9 Å². The van der Waals surface area contributed by atoms with E-state index in [1.165, 1.54) is 12.1 Å². The van der Waals surface area contributed by atoms with Crippen LogP contribution in [0.15, 0.2) is 34.9 Å². The fourth-order valence-electron chi connectivity index (χ4n) is 1.76. The van der Waals surface area contributed by atoms with Crippen LogP contribution in [0.25, 0.3) is 0 Å². The zero-order chi connectivity index (χ0) is 15.4. The summed E-state index contributed by atoms with van der Waals surface area (Å²) in [4.78, 5) is 4.11. The van der Waals surface area contributed by atoms with Crippen molar-refractivity contribution in [3.8, 4) is 5.88 Å². The molecule has 0 atom stereocenters. The Morgan fingerprint density at radius 1 is 1.29 bits per heavy atom. The molecule has 0 amide bonds. The largest absolute Gasteiger partial charge is 0.473 e. The van der Waals surface area contributed by atoms with Crippen LogP contribution in [0.1, 0.15) is 19.4 Å². The Labute approximate surface area is 130 Å². The maximum atomic E-state index is 13.9. The molecule has 1 aromatic heterocycles. The zero-order valence-electron chi connectivity index (χ0n) is 11.7. The van der Waals surface area contributed by atoms with E-state index in [0.717, 1.165) is 0 Å². The fraction of sp³-hybridized carbons (Fsp3) is 0.267. The third kappa shape index (κ3) is 3.91. The first-order valence-corrected chi connectivity index (χ1v) is 7.26. The second-order valence-corrected chi connectivity index (χ2v) is 5.55. The molecule has 0 aliphatic heterocycles. The van der Waals surface area contributed by atoms with E-state index in [1.807, 2.05) is 13.8 Å². The van der Waals surface area contributed by atoms with Gasteiger partial charge in [0.25, 0.3) is 0 Å². The number of benzene rings is 1. The second-order valence-electron chi connectivity index (χ2n) is 4.70. The normalized spacial score (nSPS) is 10.8. The number of hydrogen-bond donors (Lipinski definition) is 1. The van der Waals surface area contributed by atoms with Crippen molar-refractivity contribution in [3.05, 3.63) is 52.1 Å². The molecule has 1 aromatic carbocycles. The number of nitrogens with zero attached hydrogens (tertiary/aromatic N) is 1. The topological polar surface area (TPSA) is 34.1 Å². The van der Waals surface area contributed by atoms with Gasteiger partial charge in [-0.05, 0) is 54.0 Å². The molecule has 0 saturated heterocycles. The molecule has 2 aromatic rings. The van der Waals surface area contributed by atoms with Gasteiger partial charge in [0.05, 0.1) is 16.3 Å². The minimum Gasteiger partial charge on any atom is -0.473 e. The van der Waals surface area contributed by atoms with Gasteiger partial charge in [0, 0.05) is 18.3 Å². The lowest BCUT2D eigenvalue weighted by Crippen LogP contribution is -2.11. The van der Waals surface area contributed by atoms with Gasteiger partial charge < -0.3 is 10.1 Å². The van der Waals surface area contributed by atoms with Gasteiger partial charge in [-0.2, -0.15) is 0 Å². The number of halogens is 3. The molecule has 0 aliphatic rings. The molecule has 0 radical (unpaired) electrons. The lowest BCUT2D eigenvalue weighted by Gasteiger charge is -2.14. The Bertz CT molecular complexity index is 635. The van der Waals surface area contributed by atoms with Crippen LogP contribution in [0.5, 0.6) is 5.88 Å². The fourth-order valence-corrected chi connectivity index (χ4v) is 2.13. The summed E-state index contributed by atoms with van der Waals surface area (Å²) in [6, 6.07) is 6.03. The molecule has 21 heavy (non-hydrogen) atoms. The van der Waals surface area contributed by atoms with E-state index < -0.39 is 11.6 Å². The number of nitrogens with one attached hydrogen (secondary N) is 1. The van der Waals surface area contributed by atoms with Crippen molar-refractivity contribution in [3.63, 3.8) is 0 Å². The molecule has 2 rings (SSSR count). The number of anilines is 1. The van der Waals surface area contributed by atoms with Gasteiger partial charge in [-0.25, -0.2) is 13.8 Å². The molecule has 0 bridgehead atoms. The second kappa shape index (κ2) is 6.85. The van der Waals surface area contributed by atoms with Crippen LogP contribution in [0.3, 0.4) is 0 Å². The van der Waals surface area contributed by atoms with E-state index in [0.29, 0.717) is 11.6 Å². The Balaban J connectivity index is 2.19. The Hall–Kier alpha value is -1.69. The predicted octanol–water partition coefficient (Wildman–Crippen LogP) is 4.52. The van der Waals surface area contributed by atoms with Crippen molar-refractivity contribution in [2.75, 3.05) is 5.32 Å². The van der Waals surface area contributed by atoms with Crippen LogP contribution in [0.2, 0.25) is 0 Å².